The third kappa shape index (κ3) is 7.08. The number of hydrogen-bond acceptors (Lipinski definition) is 6. The number of oxime groups is 1. The predicted octanol–water partition coefficient (Wildman–Crippen LogP) is 3.91. The molecule has 166 valence electrons. The van der Waals surface area contributed by atoms with Gasteiger partial charge in [-0.3, -0.25) is 4.90 Å². The number of methoxy groups -OCH3 is 1. The average Bonchev–Trinajstić information content (AvgIpc) is 3.24. The second-order valence-corrected chi connectivity index (χ2v) is 7.87. The Labute approximate surface area is 188 Å². The standard InChI is InChI=1S/C24H29ClN2O4/c1-3-12-30-17-20(28)15-27(14-19-6-4-5-7-23(19)25)16-22-13-24(26-31-22)18-8-10-21(29-2)11-9-18/h3-11,20,22,28H,1,12-17H2,2H3/t20-,22-/m1/s1. The molecule has 0 radical (unpaired) electrons. The van der Waals surface area contributed by atoms with Crippen LogP contribution in [0.15, 0.2) is 66.3 Å². The molecule has 0 saturated carbocycles. The number of aliphatic hydroxyl groups excluding tert-OH is 1. The Kier molecular flexibility index (Phi) is 8.91. The molecule has 2 atom stereocenters. The summed E-state index contributed by atoms with van der Waals surface area (Å²) in [5.74, 6) is 0.804. The molecule has 0 amide bonds. The highest BCUT2D eigenvalue weighted by molar-refractivity contribution is 6.31. The van der Waals surface area contributed by atoms with E-state index >= 15 is 0 Å². The minimum atomic E-state index is -0.634. The van der Waals surface area contributed by atoms with Crippen LogP contribution in [-0.2, 0) is 16.1 Å². The van der Waals surface area contributed by atoms with Crippen molar-refractivity contribution in [3.8, 4) is 5.75 Å². The van der Waals surface area contributed by atoms with Gasteiger partial charge in [0.15, 0.2) is 0 Å². The van der Waals surface area contributed by atoms with Gasteiger partial charge in [-0.1, -0.05) is 41.0 Å². The first-order valence-corrected chi connectivity index (χ1v) is 10.7. The Hall–Kier alpha value is -2.38. The maximum atomic E-state index is 10.4. The zero-order chi connectivity index (χ0) is 22.1. The fourth-order valence-electron chi connectivity index (χ4n) is 3.48. The molecule has 2 aromatic carbocycles. The fraction of sp³-hybridized carbons (Fsp3) is 0.375. The number of hydrogen-bond donors (Lipinski definition) is 1. The summed E-state index contributed by atoms with van der Waals surface area (Å²) in [6, 6.07) is 15.5. The molecule has 7 heteroatoms. The van der Waals surface area contributed by atoms with Crippen molar-refractivity contribution in [3.05, 3.63) is 77.3 Å². The molecular formula is C24H29ClN2O4. The molecule has 0 aliphatic carbocycles. The molecular weight excluding hydrogens is 416 g/mol. The summed E-state index contributed by atoms with van der Waals surface area (Å²) in [6.07, 6.45) is 1.61. The van der Waals surface area contributed by atoms with E-state index in [1.165, 1.54) is 0 Å². The van der Waals surface area contributed by atoms with E-state index < -0.39 is 6.10 Å². The molecule has 0 saturated heterocycles. The van der Waals surface area contributed by atoms with E-state index in [1.807, 2.05) is 48.5 Å². The van der Waals surface area contributed by atoms with E-state index in [1.54, 1.807) is 13.2 Å². The summed E-state index contributed by atoms with van der Waals surface area (Å²) >= 11 is 6.36. The van der Waals surface area contributed by atoms with Crippen molar-refractivity contribution in [1.82, 2.24) is 4.90 Å². The normalized spacial score (nSPS) is 16.6. The molecule has 0 aromatic heterocycles. The van der Waals surface area contributed by atoms with Crippen LogP contribution in [0.5, 0.6) is 5.75 Å². The van der Waals surface area contributed by atoms with Crippen LogP contribution in [0.1, 0.15) is 17.5 Å². The van der Waals surface area contributed by atoms with Gasteiger partial charge in [0.1, 0.15) is 11.9 Å². The molecule has 0 bridgehead atoms. The summed E-state index contributed by atoms with van der Waals surface area (Å²) in [7, 11) is 1.64. The van der Waals surface area contributed by atoms with Crippen molar-refractivity contribution in [2.45, 2.75) is 25.2 Å². The summed E-state index contributed by atoms with van der Waals surface area (Å²) in [4.78, 5) is 7.84. The van der Waals surface area contributed by atoms with Gasteiger partial charge in [0.25, 0.3) is 0 Å². The first-order chi connectivity index (χ1) is 15.1. The van der Waals surface area contributed by atoms with Gasteiger partial charge in [0.2, 0.25) is 0 Å². The molecule has 0 unspecified atom stereocenters. The maximum Gasteiger partial charge on any atom is 0.145 e. The largest absolute Gasteiger partial charge is 0.497 e. The van der Waals surface area contributed by atoms with Gasteiger partial charge in [-0.15, -0.1) is 6.58 Å². The molecule has 1 aliphatic rings. The van der Waals surface area contributed by atoms with Crippen LogP contribution in [-0.4, -0.2) is 61.3 Å². The van der Waals surface area contributed by atoms with Crippen LogP contribution in [0.3, 0.4) is 0 Å². The lowest BCUT2D eigenvalue weighted by Crippen LogP contribution is -2.39. The summed E-state index contributed by atoms with van der Waals surface area (Å²) < 4.78 is 10.6. The predicted molar refractivity (Wildman–Crippen MR) is 123 cm³/mol. The Morgan fingerprint density at radius 2 is 2.06 bits per heavy atom. The zero-order valence-corrected chi connectivity index (χ0v) is 18.5. The topological polar surface area (TPSA) is 63.5 Å². The van der Waals surface area contributed by atoms with Gasteiger partial charge in [0.05, 0.1) is 32.1 Å². The number of aliphatic hydroxyl groups is 1. The highest BCUT2D eigenvalue weighted by Gasteiger charge is 2.26. The van der Waals surface area contributed by atoms with Crippen molar-refractivity contribution < 1.29 is 19.4 Å². The number of halogens is 1. The van der Waals surface area contributed by atoms with Crippen molar-refractivity contribution in [1.29, 1.82) is 0 Å². The smallest absolute Gasteiger partial charge is 0.145 e. The lowest BCUT2D eigenvalue weighted by Gasteiger charge is -2.27. The Morgan fingerprint density at radius 3 is 2.77 bits per heavy atom. The fourth-order valence-corrected chi connectivity index (χ4v) is 3.67. The van der Waals surface area contributed by atoms with Crippen LogP contribution in [0.4, 0.5) is 0 Å². The molecule has 31 heavy (non-hydrogen) atoms. The molecule has 2 aromatic rings. The van der Waals surface area contributed by atoms with E-state index in [4.69, 9.17) is 25.9 Å². The van der Waals surface area contributed by atoms with E-state index in [2.05, 4.69) is 16.6 Å². The maximum absolute atomic E-state index is 10.4. The Morgan fingerprint density at radius 1 is 1.29 bits per heavy atom. The van der Waals surface area contributed by atoms with E-state index in [0.29, 0.717) is 37.7 Å². The minimum absolute atomic E-state index is 0.110. The SMILES string of the molecule is C=CCOC[C@H](O)CN(Cc1ccccc1Cl)C[C@H]1CC(c2ccc(OC)cc2)=NO1. The number of ether oxygens (including phenoxy) is 2. The van der Waals surface area contributed by atoms with Crippen molar-refractivity contribution in [3.63, 3.8) is 0 Å². The number of rotatable bonds is 12. The van der Waals surface area contributed by atoms with Crippen molar-refractivity contribution in [2.24, 2.45) is 5.16 Å². The van der Waals surface area contributed by atoms with E-state index in [9.17, 15) is 5.11 Å². The number of nitrogens with zero attached hydrogens (tertiary/aromatic N) is 2. The molecule has 1 heterocycles. The van der Waals surface area contributed by atoms with Gasteiger partial charge in [0, 0.05) is 31.1 Å². The second-order valence-electron chi connectivity index (χ2n) is 7.46. The van der Waals surface area contributed by atoms with Gasteiger partial charge in [-0.25, -0.2) is 0 Å². The quantitative estimate of drug-likeness (QED) is 0.397. The third-order valence-electron chi connectivity index (χ3n) is 4.98. The van der Waals surface area contributed by atoms with Crippen LogP contribution in [0.2, 0.25) is 5.02 Å². The molecule has 0 fully saturated rings. The first-order valence-electron chi connectivity index (χ1n) is 10.3. The summed E-state index contributed by atoms with van der Waals surface area (Å²) in [5, 5.41) is 15.4. The molecule has 1 N–H and O–H groups in total. The van der Waals surface area contributed by atoms with Crippen molar-refractivity contribution in [2.75, 3.05) is 33.4 Å². The van der Waals surface area contributed by atoms with Gasteiger partial charge < -0.3 is 19.4 Å². The highest BCUT2D eigenvalue weighted by atomic mass is 35.5. The monoisotopic (exact) mass is 444 g/mol. The first kappa shape index (κ1) is 23.3. The second kappa shape index (κ2) is 11.9. The number of benzene rings is 2. The molecule has 0 spiro atoms. The molecule has 6 nitrogen and oxygen atoms in total. The van der Waals surface area contributed by atoms with Crippen LogP contribution >= 0.6 is 11.6 Å². The van der Waals surface area contributed by atoms with Gasteiger partial charge in [-0.2, -0.15) is 0 Å². The van der Waals surface area contributed by atoms with Crippen LogP contribution in [0.25, 0.3) is 0 Å². The average molecular weight is 445 g/mol. The van der Waals surface area contributed by atoms with Gasteiger partial charge in [-0.05, 0) is 41.5 Å². The molecule has 3 rings (SSSR count). The van der Waals surface area contributed by atoms with Crippen LogP contribution < -0.4 is 4.74 Å². The Balaban J connectivity index is 1.62. The Bertz CT molecular complexity index is 872. The minimum Gasteiger partial charge on any atom is -0.497 e. The summed E-state index contributed by atoms with van der Waals surface area (Å²) in [6.45, 7) is 5.90. The lowest BCUT2D eigenvalue weighted by atomic mass is 10.0. The van der Waals surface area contributed by atoms with Gasteiger partial charge >= 0.3 is 0 Å². The van der Waals surface area contributed by atoms with Crippen LogP contribution in [0, 0.1) is 0 Å². The summed E-state index contributed by atoms with van der Waals surface area (Å²) in [5.41, 5.74) is 2.91. The molecule has 1 aliphatic heterocycles. The lowest BCUT2D eigenvalue weighted by molar-refractivity contribution is 0.00337. The van der Waals surface area contributed by atoms with E-state index in [0.717, 1.165) is 22.6 Å². The van der Waals surface area contributed by atoms with E-state index in [-0.39, 0.29) is 12.7 Å². The zero-order valence-electron chi connectivity index (χ0n) is 17.7. The van der Waals surface area contributed by atoms with Crippen molar-refractivity contribution >= 4 is 17.3 Å². The third-order valence-corrected chi connectivity index (χ3v) is 5.35. The highest BCUT2D eigenvalue weighted by Crippen LogP contribution is 2.22.